The van der Waals surface area contributed by atoms with Crippen LogP contribution < -0.4 is 11.5 Å². The Morgan fingerprint density at radius 2 is 1.88 bits per heavy atom. The normalized spacial score (nSPS) is 16.1. The monoisotopic (exact) mass is 122 g/mol. The van der Waals surface area contributed by atoms with Crippen LogP contribution in [0, 0.1) is 0 Å². The van der Waals surface area contributed by atoms with Gasteiger partial charge >= 0.3 is 0 Å². The van der Waals surface area contributed by atoms with Crippen LogP contribution in [0.1, 0.15) is 0 Å². The molecule has 5 heteroatoms. The van der Waals surface area contributed by atoms with E-state index >= 15 is 0 Å². The molecule has 1 atom stereocenters. The van der Waals surface area contributed by atoms with Crippen LogP contribution in [0.5, 0.6) is 0 Å². The lowest BCUT2D eigenvalue weighted by Crippen LogP contribution is -2.60. The summed E-state index contributed by atoms with van der Waals surface area (Å²) in [4.78, 5) is 0. The fourth-order valence-corrected chi connectivity index (χ4v) is 0.146. The first kappa shape index (κ1) is 7.80. The Balaban J connectivity index is 3.62. The third-order valence-electron chi connectivity index (χ3n) is 0.707. The van der Waals surface area contributed by atoms with Crippen molar-refractivity contribution in [3.05, 3.63) is 0 Å². The van der Waals surface area contributed by atoms with Gasteiger partial charge in [-0.15, -0.1) is 0 Å². The largest absolute Gasteiger partial charge is 0.393 e. The van der Waals surface area contributed by atoms with E-state index in [1.54, 1.807) is 0 Å². The van der Waals surface area contributed by atoms with Crippen LogP contribution in [0.25, 0.3) is 0 Å². The molecule has 5 nitrogen and oxygen atoms in total. The molecule has 0 saturated carbocycles. The van der Waals surface area contributed by atoms with Crippen molar-refractivity contribution >= 4 is 0 Å². The molecule has 0 aromatic rings. The summed E-state index contributed by atoms with van der Waals surface area (Å²) >= 11 is 0. The molecule has 0 bridgehead atoms. The Morgan fingerprint density at radius 3 is 1.88 bits per heavy atom. The lowest BCUT2D eigenvalue weighted by molar-refractivity contribution is -0.0868. The molecule has 7 N–H and O–H groups in total. The van der Waals surface area contributed by atoms with Gasteiger partial charge in [0.15, 0.2) is 5.85 Å². The average Bonchev–Trinajstić information content (AvgIpc) is 1.62. The molecule has 0 amide bonds. The van der Waals surface area contributed by atoms with Crippen molar-refractivity contribution in [1.82, 2.24) is 0 Å². The molecule has 0 saturated heterocycles. The summed E-state index contributed by atoms with van der Waals surface area (Å²) in [5.74, 6) is -2.19. The highest BCUT2D eigenvalue weighted by Gasteiger charge is 2.24. The van der Waals surface area contributed by atoms with Gasteiger partial charge in [0.2, 0.25) is 0 Å². The van der Waals surface area contributed by atoms with E-state index < -0.39 is 18.6 Å². The van der Waals surface area contributed by atoms with Gasteiger partial charge in [-0.3, -0.25) is 11.5 Å². The first-order chi connectivity index (χ1) is 3.48. The molecule has 8 heavy (non-hydrogen) atoms. The summed E-state index contributed by atoms with van der Waals surface area (Å²) < 4.78 is 0. The SMILES string of the molecule is NC(N)(O)C(O)CO. The molecule has 0 spiro atoms. The summed E-state index contributed by atoms with van der Waals surface area (Å²) in [5.41, 5.74) is 9.43. The van der Waals surface area contributed by atoms with E-state index in [4.69, 9.17) is 26.8 Å². The highest BCUT2D eigenvalue weighted by atomic mass is 16.4. The summed E-state index contributed by atoms with van der Waals surface area (Å²) in [6.45, 7) is -0.649. The molecule has 0 aromatic carbocycles. The predicted molar refractivity (Wildman–Crippen MR) is 26.4 cm³/mol. The van der Waals surface area contributed by atoms with Crippen LogP contribution in [0.4, 0.5) is 0 Å². The molecule has 0 fully saturated rings. The maximum atomic E-state index is 8.44. The minimum atomic E-state index is -2.19. The van der Waals surface area contributed by atoms with E-state index in [-0.39, 0.29) is 0 Å². The Morgan fingerprint density at radius 1 is 1.50 bits per heavy atom. The molecular formula is C3H10N2O3. The first-order valence-electron chi connectivity index (χ1n) is 2.07. The van der Waals surface area contributed by atoms with Gasteiger partial charge in [0, 0.05) is 0 Å². The second-order valence-electron chi connectivity index (χ2n) is 1.59. The van der Waals surface area contributed by atoms with Crippen molar-refractivity contribution in [3.8, 4) is 0 Å². The second-order valence-corrected chi connectivity index (χ2v) is 1.59. The number of rotatable bonds is 2. The van der Waals surface area contributed by atoms with Gasteiger partial charge in [-0.2, -0.15) is 0 Å². The van der Waals surface area contributed by atoms with Crippen LogP contribution in [-0.2, 0) is 0 Å². The highest BCUT2D eigenvalue weighted by Crippen LogP contribution is 1.90. The zero-order valence-corrected chi connectivity index (χ0v) is 4.28. The number of aliphatic hydroxyl groups is 3. The lowest BCUT2D eigenvalue weighted by atomic mass is 10.3. The van der Waals surface area contributed by atoms with Crippen LogP contribution in [-0.4, -0.2) is 33.9 Å². The standard InChI is InChI=1S/C3H10N2O3/c4-3(5,8)2(7)1-6/h2,6-8H,1,4-5H2. The third kappa shape index (κ3) is 2.20. The highest BCUT2D eigenvalue weighted by molar-refractivity contribution is 4.70. The molecule has 1 unspecified atom stereocenters. The molecule has 0 radical (unpaired) electrons. The third-order valence-corrected chi connectivity index (χ3v) is 0.707. The quantitative estimate of drug-likeness (QED) is 0.249. The number of nitrogens with two attached hydrogens (primary N) is 2. The van der Waals surface area contributed by atoms with Crippen molar-refractivity contribution in [2.24, 2.45) is 11.5 Å². The maximum absolute atomic E-state index is 8.44. The minimum Gasteiger partial charge on any atom is -0.393 e. The van der Waals surface area contributed by atoms with Crippen LogP contribution in [0.15, 0.2) is 0 Å². The van der Waals surface area contributed by atoms with Crippen LogP contribution in [0.3, 0.4) is 0 Å². The topological polar surface area (TPSA) is 113 Å². The molecule has 0 aliphatic heterocycles. The van der Waals surface area contributed by atoms with Gasteiger partial charge in [-0.1, -0.05) is 0 Å². The predicted octanol–water partition coefficient (Wildman–Crippen LogP) is -3.10. The van der Waals surface area contributed by atoms with Crippen molar-refractivity contribution in [3.63, 3.8) is 0 Å². The second kappa shape index (κ2) is 2.38. The van der Waals surface area contributed by atoms with Gasteiger partial charge in [0.05, 0.1) is 6.61 Å². The Labute approximate surface area is 46.5 Å². The molecule has 0 aliphatic rings. The van der Waals surface area contributed by atoms with Gasteiger partial charge in [-0.25, -0.2) is 0 Å². The van der Waals surface area contributed by atoms with Crippen molar-refractivity contribution in [2.75, 3.05) is 6.61 Å². The van der Waals surface area contributed by atoms with Gasteiger partial charge in [-0.05, 0) is 0 Å². The van der Waals surface area contributed by atoms with Crippen LogP contribution in [0.2, 0.25) is 0 Å². The number of hydrogen-bond acceptors (Lipinski definition) is 5. The zero-order valence-electron chi connectivity index (χ0n) is 4.28. The van der Waals surface area contributed by atoms with E-state index in [2.05, 4.69) is 0 Å². The summed E-state index contributed by atoms with van der Waals surface area (Å²) in [6.07, 6.45) is -1.48. The molecule has 0 aromatic heterocycles. The number of aliphatic hydroxyl groups excluding tert-OH is 2. The zero-order chi connectivity index (χ0) is 6.78. The Kier molecular flexibility index (Phi) is 2.32. The van der Waals surface area contributed by atoms with Gasteiger partial charge in [0.25, 0.3) is 0 Å². The molecular weight excluding hydrogens is 112 g/mol. The van der Waals surface area contributed by atoms with Crippen LogP contribution >= 0.6 is 0 Å². The maximum Gasteiger partial charge on any atom is 0.196 e. The fourth-order valence-electron chi connectivity index (χ4n) is 0.146. The van der Waals surface area contributed by atoms with E-state index in [0.29, 0.717) is 0 Å². The average molecular weight is 122 g/mol. The summed E-state index contributed by atoms with van der Waals surface area (Å²) in [7, 11) is 0. The number of hydrogen-bond donors (Lipinski definition) is 5. The van der Waals surface area contributed by atoms with Crippen molar-refractivity contribution in [2.45, 2.75) is 12.0 Å². The summed E-state index contributed by atoms with van der Waals surface area (Å²) in [5, 5.41) is 25.0. The van der Waals surface area contributed by atoms with E-state index in [0.717, 1.165) is 0 Å². The summed E-state index contributed by atoms with van der Waals surface area (Å²) in [6, 6.07) is 0. The Hall–Kier alpha value is -0.200. The van der Waals surface area contributed by atoms with E-state index in [9.17, 15) is 0 Å². The molecule has 0 heterocycles. The van der Waals surface area contributed by atoms with Crippen molar-refractivity contribution in [1.29, 1.82) is 0 Å². The first-order valence-corrected chi connectivity index (χ1v) is 2.07. The molecule has 50 valence electrons. The van der Waals surface area contributed by atoms with Gasteiger partial charge < -0.3 is 15.3 Å². The lowest BCUT2D eigenvalue weighted by Gasteiger charge is -2.21. The van der Waals surface area contributed by atoms with Gasteiger partial charge in [0.1, 0.15) is 6.10 Å². The Bertz CT molecular complexity index is 69.4. The van der Waals surface area contributed by atoms with Crippen molar-refractivity contribution < 1.29 is 15.3 Å². The molecule has 0 rings (SSSR count). The van der Waals surface area contributed by atoms with E-state index in [1.165, 1.54) is 0 Å². The molecule has 0 aliphatic carbocycles. The minimum absolute atomic E-state index is 0.649. The fraction of sp³-hybridized carbons (Fsp3) is 1.00. The van der Waals surface area contributed by atoms with E-state index in [1.807, 2.05) is 0 Å². The smallest absolute Gasteiger partial charge is 0.196 e.